The number of nitrogens with zero attached hydrogens (tertiary/aromatic N) is 1. The van der Waals surface area contributed by atoms with E-state index in [2.05, 4.69) is 52.9 Å². The summed E-state index contributed by atoms with van der Waals surface area (Å²) in [5.41, 5.74) is 5.98. The number of aliphatic hydroxyl groups is 3. The summed E-state index contributed by atoms with van der Waals surface area (Å²) in [5, 5.41) is 29.6. The number of allylic oxidation sites excluding steroid dienone is 4. The first-order chi connectivity index (χ1) is 58.7. The lowest BCUT2D eigenvalue weighted by atomic mass is 9.83. The molecule has 0 saturated carbocycles. The maximum absolute atomic E-state index is 12.9. The summed E-state index contributed by atoms with van der Waals surface area (Å²) < 4.78 is 118. The molecule has 0 amide bonds. The van der Waals surface area contributed by atoms with E-state index in [1.165, 1.54) is 64.3 Å². The van der Waals surface area contributed by atoms with Gasteiger partial charge in [0.15, 0.2) is 15.8 Å². The van der Waals surface area contributed by atoms with Crippen LogP contribution < -0.4 is 4.74 Å². The highest BCUT2D eigenvalue weighted by Crippen LogP contribution is 2.37. The normalized spacial score (nSPS) is 14.4. The number of rotatable bonds is 43. The molecule has 3 saturated heterocycles. The summed E-state index contributed by atoms with van der Waals surface area (Å²) in [5.74, 6) is -2.31. The molecule has 11 rings (SSSR count). The van der Waals surface area contributed by atoms with Crippen molar-refractivity contribution in [2.24, 2.45) is 33.0 Å². The van der Waals surface area contributed by atoms with E-state index < -0.39 is 60.0 Å². The molecule has 3 aliphatic rings. The first-order valence-electron chi connectivity index (χ1n) is 39.8. The van der Waals surface area contributed by atoms with Crippen molar-refractivity contribution in [2.45, 2.75) is 95.2 Å². The highest BCUT2D eigenvalue weighted by molar-refractivity contribution is 7.91. The summed E-state index contributed by atoms with van der Waals surface area (Å²) >= 11 is 0. The van der Waals surface area contributed by atoms with Crippen LogP contribution >= 0.6 is 0 Å². The topological polar surface area (TPSA) is 330 Å². The van der Waals surface area contributed by atoms with Gasteiger partial charge < -0.3 is 72.2 Å². The van der Waals surface area contributed by atoms with E-state index in [4.69, 9.17) is 51.6 Å². The SMILES string of the molecule is C=CCC(C(=O)OC)C(=O)OC.C=CCC(CO)(CO)COCc1ccccc1.C=CCC(CO)(COCc1ccccc1)COS(=O)(=O)c1ccc(C)cc1.C=CCC1(COCc2ccccc2)COC1.COC(=O)CC1(COCc2ccccc2)COC1.COC(=O)CC1(CS(=O)(=O)c2ccc(OCc3cc(C)nc4ccccc34)cc2)COC1. The molecule has 4 heterocycles. The Morgan fingerprint density at radius 3 is 1.31 bits per heavy atom. The smallest absolute Gasteiger partial charge is 0.320 e. The van der Waals surface area contributed by atoms with E-state index in [1.807, 2.05) is 159 Å². The van der Waals surface area contributed by atoms with Crippen LogP contribution in [0.1, 0.15) is 77.6 Å². The van der Waals surface area contributed by atoms with Gasteiger partial charge in [-0.1, -0.05) is 182 Å². The molecule has 0 radical (unpaired) electrons. The van der Waals surface area contributed by atoms with Crippen LogP contribution in [0.25, 0.3) is 10.9 Å². The van der Waals surface area contributed by atoms with Crippen molar-refractivity contribution in [3.8, 4) is 5.75 Å². The Kier molecular flexibility index (Phi) is 43.4. The lowest BCUT2D eigenvalue weighted by molar-refractivity contribution is -0.174. The Morgan fingerprint density at radius 2 is 0.893 bits per heavy atom. The number of hydrogen-bond donors (Lipinski definition) is 3. The first kappa shape index (κ1) is 101. The molecule has 1 unspecified atom stereocenters. The monoisotopic (exact) mass is 1720 g/mol. The summed E-state index contributed by atoms with van der Waals surface area (Å²) in [7, 11) is -2.38. The fourth-order valence-corrected chi connectivity index (χ4v) is 15.5. The number of para-hydroxylation sites is 1. The molecule has 0 spiro atoms. The molecular weight excluding hydrogens is 1600 g/mol. The van der Waals surface area contributed by atoms with Crippen LogP contribution in [0, 0.1) is 46.8 Å². The number of hydrogen-bond acceptors (Lipinski definition) is 25. The van der Waals surface area contributed by atoms with Gasteiger partial charge in [0.1, 0.15) is 12.4 Å². The van der Waals surface area contributed by atoms with E-state index in [9.17, 15) is 51.3 Å². The van der Waals surface area contributed by atoms with Crippen molar-refractivity contribution in [1.29, 1.82) is 0 Å². The largest absolute Gasteiger partial charge is 0.489 e. The second-order valence-electron chi connectivity index (χ2n) is 30.5. The van der Waals surface area contributed by atoms with Crippen LogP contribution in [0.2, 0.25) is 0 Å². The van der Waals surface area contributed by atoms with Gasteiger partial charge in [-0.05, 0) is 110 Å². The van der Waals surface area contributed by atoms with Gasteiger partial charge in [0.05, 0.1) is 187 Å². The van der Waals surface area contributed by atoms with Crippen molar-refractivity contribution < 1.29 is 112 Å². The molecule has 122 heavy (non-hydrogen) atoms. The Morgan fingerprint density at radius 1 is 0.475 bits per heavy atom. The zero-order chi connectivity index (χ0) is 88.8. The number of ether oxygens (including phenoxy) is 12. The molecule has 0 bridgehead atoms. The molecule has 0 aliphatic carbocycles. The quantitative estimate of drug-likeness (QED) is 0.0105. The molecule has 1 aromatic heterocycles. The first-order valence-corrected chi connectivity index (χ1v) is 42.8. The number of esters is 4. The minimum absolute atomic E-state index is 0.0171. The average Bonchev–Trinajstić information content (AvgIpc) is 0.775. The summed E-state index contributed by atoms with van der Waals surface area (Å²) in [6.07, 6.45) is 9.23. The Hall–Kier alpha value is -9.95. The van der Waals surface area contributed by atoms with E-state index in [0.717, 1.165) is 70.7 Å². The van der Waals surface area contributed by atoms with Crippen LogP contribution in [0.3, 0.4) is 0 Å². The third kappa shape index (κ3) is 33.7. The lowest BCUT2D eigenvalue weighted by Crippen LogP contribution is -2.49. The number of pyridine rings is 1. The van der Waals surface area contributed by atoms with Crippen LogP contribution in [0.4, 0.5) is 0 Å². The molecule has 7 aromatic carbocycles. The average molecular weight is 1720 g/mol. The third-order valence-electron chi connectivity index (χ3n) is 20.0. The Labute approximate surface area is 718 Å². The second kappa shape index (κ2) is 52.5. The molecule has 8 aromatic rings. The van der Waals surface area contributed by atoms with E-state index in [-0.39, 0.29) is 91.4 Å². The van der Waals surface area contributed by atoms with E-state index in [0.29, 0.717) is 84.5 Å². The maximum Gasteiger partial charge on any atom is 0.320 e. The van der Waals surface area contributed by atoms with Gasteiger partial charge >= 0.3 is 23.9 Å². The molecule has 1 atom stereocenters. The fourth-order valence-electron chi connectivity index (χ4n) is 12.7. The molecule has 3 aliphatic heterocycles. The summed E-state index contributed by atoms with van der Waals surface area (Å²) in [6.45, 7) is 25.0. The van der Waals surface area contributed by atoms with Gasteiger partial charge in [0.25, 0.3) is 10.1 Å². The summed E-state index contributed by atoms with van der Waals surface area (Å²) in [4.78, 5) is 49.7. The van der Waals surface area contributed by atoms with Gasteiger partial charge in [-0.15, -0.1) is 26.3 Å². The predicted octanol–water partition coefficient (Wildman–Crippen LogP) is 13.8. The van der Waals surface area contributed by atoms with E-state index >= 15 is 0 Å². The molecule has 660 valence electrons. The maximum atomic E-state index is 12.9. The van der Waals surface area contributed by atoms with Crippen molar-refractivity contribution in [3.63, 3.8) is 0 Å². The highest BCUT2D eigenvalue weighted by Gasteiger charge is 2.46. The van der Waals surface area contributed by atoms with Crippen molar-refractivity contribution in [3.05, 3.63) is 290 Å². The number of aliphatic hydroxyl groups excluding tert-OH is 3. The minimum Gasteiger partial charge on any atom is -0.489 e. The number of fused-ring (bicyclic) bond motifs is 1. The molecular formula is C95H119NO24S2. The number of sulfone groups is 1. The van der Waals surface area contributed by atoms with Crippen LogP contribution in [0.15, 0.2) is 261 Å². The Balaban J connectivity index is 0.000000234. The standard InChI is InChI=1S/C24H25NO6S.C21H26O5S.C14H18O4.C14H20O3.C14H18O2.C8H12O4/c1-17-11-18(21-5-3-4-6-22(21)25-17)13-31-19-7-9-20(10-8-19)32(27,28)16-24(14-30-15-24)12-23(26)29-2;1-3-13-21(15-22,16-25-14-19-7-5-4-6-8-19)17-26-27(23,24)20-11-9-18(2)10-12-20;1-16-13(15)7-14(10-18-11-14)9-17-8-12-5-3-2-4-6-12;1-2-8-14(10-15,11-16)12-17-9-13-6-4-3-5-7-13;1-2-8-14(11-16-12-14)10-15-9-13-6-4-3-5-7-13;1-4-5-6(7(9)11-2)8(10)12-3/h3-11H,12-16H2,1-2H3;3-12,22H,1,13-17H2,2H3;2-6H,7-11H2,1H3;2-7,15-16H,1,8-12H2;2-7H,1,8-12H2;4,6H,1,5H2,2-3H3. The van der Waals surface area contributed by atoms with Crippen molar-refractivity contribution in [1.82, 2.24) is 4.98 Å². The molecule has 25 nitrogen and oxygen atoms in total. The van der Waals surface area contributed by atoms with Gasteiger partial charge in [-0.25, -0.2) is 8.42 Å². The Bertz CT molecular complexity index is 4680. The minimum atomic E-state index is -3.92. The zero-order valence-corrected chi connectivity index (χ0v) is 72.5. The number of carbonyl (C=O) groups is 4. The number of methoxy groups -OCH3 is 4. The van der Waals surface area contributed by atoms with Gasteiger partial charge in [0.2, 0.25) is 0 Å². The fraction of sp³-hybridized carbons (Fsp3) is 0.400. The van der Waals surface area contributed by atoms with Gasteiger partial charge in [-0.3, -0.25) is 28.3 Å². The number of carbonyl (C=O) groups excluding carboxylic acids is 4. The van der Waals surface area contributed by atoms with E-state index in [1.54, 1.807) is 36.4 Å². The molecule has 27 heteroatoms. The second-order valence-corrected chi connectivity index (χ2v) is 34.1. The highest BCUT2D eigenvalue weighted by atomic mass is 32.2. The van der Waals surface area contributed by atoms with Crippen LogP contribution in [-0.4, -0.2) is 188 Å². The lowest BCUT2D eigenvalue weighted by Gasteiger charge is -2.40. The van der Waals surface area contributed by atoms with Gasteiger partial charge in [0, 0.05) is 38.3 Å². The third-order valence-corrected chi connectivity index (χ3v) is 23.2. The number of aryl methyl sites for hydroxylation is 2. The molecule has 3 fully saturated rings. The van der Waals surface area contributed by atoms with Gasteiger partial charge in [-0.2, -0.15) is 8.42 Å². The number of aromatic nitrogens is 1. The molecule has 3 N–H and O–H groups in total. The summed E-state index contributed by atoms with van der Waals surface area (Å²) in [6, 6.07) is 62.3. The van der Waals surface area contributed by atoms with Crippen molar-refractivity contribution in [2.75, 3.05) is 127 Å². The van der Waals surface area contributed by atoms with Crippen LogP contribution in [-0.2, 0) is 128 Å². The number of benzene rings is 7. The zero-order valence-electron chi connectivity index (χ0n) is 70.8. The predicted molar refractivity (Wildman–Crippen MR) is 464 cm³/mol. The van der Waals surface area contributed by atoms with Crippen LogP contribution in [0.5, 0.6) is 5.75 Å². The van der Waals surface area contributed by atoms with Crippen molar-refractivity contribution >= 4 is 54.7 Å².